The van der Waals surface area contributed by atoms with E-state index in [1.165, 1.54) is 0 Å². The number of fused-ring (bicyclic) bond motifs is 1. The molecule has 0 unspecified atom stereocenters. The number of aryl methyl sites for hydroxylation is 1. The van der Waals surface area contributed by atoms with Crippen LogP contribution in [0.5, 0.6) is 5.75 Å². The molecular weight excluding hydrogens is 356 g/mol. The number of nitrogens with one attached hydrogen (secondary N) is 1. The van der Waals surface area contributed by atoms with E-state index in [1.807, 2.05) is 36.4 Å². The highest BCUT2D eigenvalue weighted by Crippen LogP contribution is 2.21. The molecule has 0 saturated carbocycles. The number of aromatic nitrogens is 1. The van der Waals surface area contributed by atoms with E-state index in [2.05, 4.69) is 5.32 Å². The minimum atomic E-state index is -0.0983. The van der Waals surface area contributed by atoms with Gasteiger partial charge in [-0.3, -0.25) is 9.59 Å². The van der Waals surface area contributed by atoms with Crippen molar-refractivity contribution in [2.75, 3.05) is 26.1 Å². The van der Waals surface area contributed by atoms with Gasteiger partial charge in [-0.15, -0.1) is 0 Å². The number of benzene rings is 2. The average Bonchev–Trinajstić information content (AvgIpc) is 2.72. The van der Waals surface area contributed by atoms with Crippen LogP contribution < -0.4 is 15.6 Å². The van der Waals surface area contributed by atoms with Gasteiger partial charge in [0.1, 0.15) is 5.75 Å². The highest BCUT2D eigenvalue weighted by Gasteiger charge is 2.10. The number of carbonyl (C=O) groups is 1. The monoisotopic (exact) mass is 380 g/mol. The molecule has 3 aromatic rings. The maximum atomic E-state index is 12.6. The van der Waals surface area contributed by atoms with Gasteiger partial charge in [0, 0.05) is 42.7 Å². The lowest BCUT2D eigenvalue weighted by molar-refractivity contribution is -0.116. The summed E-state index contributed by atoms with van der Waals surface area (Å²) in [5.74, 6) is 0.676. The van der Waals surface area contributed by atoms with Gasteiger partial charge in [-0.25, -0.2) is 0 Å². The quantitative estimate of drug-likeness (QED) is 0.651. The van der Waals surface area contributed by atoms with Gasteiger partial charge in [-0.2, -0.15) is 0 Å². The molecular formula is C22H24N2O4. The Kier molecular flexibility index (Phi) is 6.45. The van der Waals surface area contributed by atoms with Gasteiger partial charge in [0.2, 0.25) is 5.91 Å². The Hall–Kier alpha value is -3.12. The Balaban J connectivity index is 1.73. The Morgan fingerprint density at radius 2 is 1.89 bits per heavy atom. The van der Waals surface area contributed by atoms with Crippen molar-refractivity contribution < 1.29 is 14.3 Å². The van der Waals surface area contributed by atoms with Crippen LogP contribution in [0.1, 0.15) is 12.0 Å². The predicted molar refractivity (Wildman–Crippen MR) is 110 cm³/mol. The molecule has 1 aromatic heterocycles. The summed E-state index contributed by atoms with van der Waals surface area (Å²) < 4.78 is 11.9. The highest BCUT2D eigenvalue weighted by atomic mass is 16.5. The number of hydrogen-bond acceptors (Lipinski definition) is 4. The molecule has 0 aliphatic carbocycles. The number of nitrogens with zero attached hydrogens (tertiary/aromatic N) is 1. The Morgan fingerprint density at radius 1 is 1.07 bits per heavy atom. The maximum absolute atomic E-state index is 12.6. The van der Waals surface area contributed by atoms with E-state index in [1.54, 1.807) is 37.1 Å². The van der Waals surface area contributed by atoms with Gasteiger partial charge >= 0.3 is 0 Å². The number of anilines is 1. The molecule has 2 aromatic carbocycles. The smallest absolute Gasteiger partial charge is 0.258 e. The van der Waals surface area contributed by atoms with Gasteiger partial charge < -0.3 is 19.4 Å². The zero-order chi connectivity index (χ0) is 19.9. The van der Waals surface area contributed by atoms with Crippen molar-refractivity contribution in [2.45, 2.75) is 19.4 Å². The van der Waals surface area contributed by atoms with Crippen LogP contribution in [0, 0.1) is 0 Å². The largest absolute Gasteiger partial charge is 0.497 e. The van der Waals surface area contributed by atoms with E-state index in [0.717, 1.165) is 16.7 Å². The third-order valence-electron chi connectivity index (χ3n) is 4.60. The minimum absolute atomic E-state index is 0.0953. The van der Waals surface area contributed by atoms with Crippen molar-refractivity contribution in [3.63, 3.8) is 0 Å². The molecule has 0 bridgehead atoms. The van der Waals surface area contributed by atoms with Crippen molar-refractivity contribution >= 4 is 22.4 Å². The van der Waals surface area contributed by atoms with Crippen molar-refractivity contribution in [1.82, 2.24) is 4.57 Å². The Bertz CT molecular complexity index is 1030. The number of amides is 1. The molecule has 1 heterocycles. The van der Waals surface area contributed by atoms with Crippen molar-refractivity contribution in [3.05, 3.63) is 70.6 Å². The lowest BCUT2D eigenvalue weighted by Crippen LogP contribution is -2.22. The van der Waals surface area contributed by atoms with Crippen LogP contribution >= 0.6 is 0 Å². The Morgan fingerprint density at radius 3 is 2.68 bits per heavy atom. The first-order chi connectivity index (χ1) is 13.6. The zero-order valence-corrected chi connectivity index (χ0v) is 16.1. The van der Waals surface area contributed by atoms with Gasteiger partial charge in [0.15, 0.2) is 0 Å². The summed E-state index contributed by atoms with van der Waals surface area (Å²) in [5.41, 5.74) is 1.58. The summed E-state index contributed by atoms with van der Waals surface area (Å²) in [4.78, 5) is 25.1. The molecule has 6 heteroatoms. The minimum Gasteiger partial charge on any atom is -0.497 e. The fraction of sp³-hybridized carbons (Fsp3) is 0.273. The lowest BCUT2D eigenvalue weighted by Gasteiger charge is -2.11. The van der Waals surface area contributed by atoms with E-state index < -0.39 is 0 Å². The second kappa shape index (κ2) is 9.19. The summed E-state index contributed by atoms with van der Waals surface area (Å²) in [7, 11) is 3.22. The highest BCUT2D eigenvalue weighted by molar-refractivity contribution is 6.01. The van der Waals surface area contributed by atoms with Gasteiger partial charge in [-0.05, 0) is 42.3 Å². The number of methoxy groups -OCH3 is 2. The number of hydrogen-bond donors (Lipinski definition) is 1. The van der Waals surface area contributed by atoms with Crippen LogP contribution in [0.25, 0.3) is 10.8 Å². The molecule has 0 saturated heterocycles. The molecule has 0 aliphatic heterocycles. The molecule has 0 spiro atoms. The third kappa shape index (κ3) is 4.58. The van der Waals surface area contributed by atoms with Crippen LogP contribution in [0.2, 0.25) is 0 Å². The van der Waals surface area contributed by atoms with Crippen LogP contribution in [-0.4, -0.2) is 31.3 Å². The average molecular weight is 380 g/mol. The first kappa shape index (κ1) is 19.6. The summed E-state index contributed by atoms with van der Waals surface area (Å²) in [6.45, 7) is 0.953. The molecule has 1 amide bonds. The third-order valence-corrected chi connectivity index (χ3v) is 4.60. The summed E-state index contributed by atoms with van der Waals surface area (Å²) in [6, 6.07) is 14.9. The fourth-order valence-corrected chi connectivity index (χ4v) is 3.09. The van der Waals surface area contributed by atoms with Crippen LogP contribution in [0.3, 0.4) is 0 Å². The van der Waals surface area contributed by atoms with Crippen molar-refractivity contribution in [1.29, 1.82) is 0 Å². The van der Waals surface area contributed by atoms with E-state index in [4.69, 9.17) is 9.47 Å². The van der Waals surface area contributed by atoms with E-state index in [0.29, 0.717) is 37.1 Å². The van der Waals surface area contributed by atoms with Gasteiger partial charge in [0.05, 0.1) is 13.7 Å². The van der Waals surface area contributed by atoms with Crippen LogP contribution in [0.4, 0.5) is 5.69 Å². The number of rotatable bonds is 8. The number of pyridine rings is 1. The summed E-state index contributed by atoms with van der Waals surface area (Å²) >= 11 is 0. The summed E-state index contributed by atoms with van der Waals surface area (Å²) in [6.07, 6.45) is 2.68. The molecule has 6 nitrogen and oxygen atoms in total. The first-order valence-electron chi connectivity index (χ1n) is 9.16. The van der Waals surface area contributed by atoms with Crippen molar-refractivity contribution in [2.24, 2.45) is 0 Å². The van der Waals surface area contributed by atoms with E-state index in [-0.39, 0.29) is 11.5 Å². The molecule has 28 heavy (non-hydrogen) atoms. The standard InChI is InChI=1S/C22H24N2O4/c1-27-14-13-24-12-11-18-19(22(24)26)7-4-8-20(18)23-21(25)10-9-16-5-3-6-17(15-16)28-2/h3-8,11-12,15H,9-10,13-14H2,1-2H3,(H,23,25). The topological polar surface area (TPSA) is 69.6 Å². The maximum Gasteiger partial charge on any atom is 0.258 e. The second-order valence-electron chi connectivity index (χ2n) is 6.47. The predicted octanol–water partition coefficient (Wildman–Crippen LogP) is 3.23. The molecule has 0 aliphatic rings. The molecule has 1 N–H and O–H groups in total. The first-order valence-corrected chi connectivity index (χ1v) is 9.16. The molecule has 146 valence electrons. The molecule has 0 atom stereocenters. The van der Waals surface area contributed by atoms with Gasteiger partial charge in [-0.1, -0.05) is 18.2 Å². The SMILES string of the molecule is COCCn1ccc2c(NC(=O)CCc3cccc(OC)c3)cccc2c1=O. The normalized spacial score (nSPS) is 10.8. The van der Waals surface area contributed by atoms with Crippen LogP contribution in [0.15, 0.2) is 59.5 Å². The number of carbonyl (C=O) groups excluding carboxylic acids is 1. The second-order valence-corrected chi connectivity index (χ2v) is 6.47. The fourth-order valence-electron chi connectivity index (χ4n) is 3.09. The number of ether oxygens (including phenoxy) is 2. The molecule has 3 rings (SSSR count). The van der Waals surface area contributed by atoms with E-state index >= 15 is 0 Å². The zero-order valence-electron chi connectivity index (χ0n) is 16.1. The summed E-state index contributed by atoms with van der Waals surface area (Å²) in [5, 5.41) is 4.24. The molecule has 0 radical (unpaired) electrons. The Labute approximate surface area is 163 Å². The van der Waals surface area contributed by atoms with Crippen LogP contribution in [-0.2, 0) is 22.5 Å². The van der Waals surface area contributed by atoms with Gasteiger partial charge in [0.25, 0.3) is 5.56 Å². The molecule has 0 fully saturated rings. The van der Waals surface area contributed by atoms with Crippen molar-refractivity contribution in [3.8, 4) is 5.75 Å². The lowest BCUT2D eigenvalue weighted by atomic mass is 10.1. The van der Waals surface area contributed by atoms with E-state index in [9.17, 15) is 9.59 Å².